The molecule has 0 aliphatic heterocycles. The Morgan fingerprint density at radius 2 is 1.97 bits per heavy atom. The summed E-state index contributed by atoms with van der Waals surface area (Å²) in [5.74, 6) is -0.165. The van der Waals surface area contributed by atoms with Crippen LogP contribution in [-0.2, 0) is 11.8 Å². The van der Waals surface area contributed by atoms with Crippen LogP contribution in [0.4, 0.5) is 5.69 Å². The number of carbonyl (C=O) groups is 2. The normalized spacial score (nSPS) is 11.7. The molecule has 150 valence electrons. The van der Waals surface area contributed by atoms with Crippen molar-refractivity contribution in [3.8, 4) is 0 Å². The van der Waals surface area contributed by atoms with Gasteiger partial charge < -0.3 is 15.2 Å². The highest BCUT2D eigenvalue weighted by atomic mass is 32.2. The molecule has 2 amide bonds. The van der Waals surface area contributed by atoms with Crippen molar-refractivity contribution in [2.45, 2.75) is 25.0 Å². The fourth-order valence-corrected chi connectivity index (χ4v) is 3.59. The first-order chi connectivity index (χ1) is 13.9. The number of nitrogens with one attached hydrogen (secondary N) is 2. The van der Waals surface area contributed by atoms with Crippen molar-refractivity contribution in [3.63, 3.8) is 0 Å². The van der Waals surface area contributed by atoms with Crippen LogP contribution in [0.1, 0.15) is 34.5 Å². The minimum atomic E-state index is -0.190. The van der Waals surface area contributed by atoms with Crippen LogP contribution in [-0.4, -0.2) is 32.3 Å². The van der Waals surface area contributed by atoms with Gasteiger partial charge in [0.1, 0.15) is 6.33 Å². The third-order valence-electron chi connectivity index (χ3n) is 4.41. The number of rotatable bonds is 7. The summed E-state index contributed by atoms with van der Waals surface area (Å²) in [4.78, 5) is 24.9. The SMILES string of the molecule is Cc1ccccc1C(C)NC(=O)c1cccc(NC(=O)CSc2nncn2C)c1. The maximum Gasteiger partial charge on any atom is 0.251 e. The molecule has 0 aliphatic carbocycles. The Kier molecular flexibility index (Phi) is 6.66. The van der Waals surface area contributed by atoms with E-state index in [0.717, 1.165) is 11.1 Å². The first-order valence-corrected chi connectivity index (χ1v) is 10.2. The van der Waals surface area contributed by atoms with Gasteiger partial charge in [-0.05, 0) is 43.2 Å². The quantitative estimate of drug-likeness (QED) is 0.584. The molecular weight excluding hydrogens is 386 g/mol. The summed E-state index contributed by atoms with van der Waals surface area (Å²) < 4.78 is 1.75. The third kappa shape index (κ3) is 5.45. The summed E-state index contributed by atoms with van der Waals surface area (Å²) in [5, 5.41) is 14.2. The average molecular weight is 410 g/mol. The molecule has 2 aromatic carbocycles. The van der Waals surface area contributed by atoms with Gasteiger partial charge in [-0.2, -0.15) is 0 Å². The van der Waals surface area contributed by atoms with Crippen molar-refractivity contribution in [2.24, 2.45) is 7.05 Å². The van der Waals surface area contributed by atoms with E-state index in [9.17, 15) is 9.59 Å². The smallest absolute Gasteiger partial charge is 0.251 e. The maximum atomic E-state index is 12.7. The highest BCUT2D eigenvalue weighted by Crippen LogP contribution is 2.19. The number of amides is 2. The van der Waals surface area contributed by atoms with Gasteiger partial charge in [0.2, 0.25) is 5.91 Å². The summed E-state index contributed by atoms with van der Waals surface area (Å²) in [6.07, 6.45) is 1.58. The standard InChI is InChI=1S/C21H23N5O2S/c1-14-7-4-5-10-18(14)15(2)23-20(28)16-8-6-9-17(11-16)24-19(27)12-29-21-25-22-13-26(21)3/h4-11,13,15H,12H2,1-3H3,(H,23,28)(H,24,27). The van der Waals surface area contributed by atoms with E-state index in [2.05, 4.69) is 20.8 Å². The van der Waals surface area contributed by atoms with E-state index in [1.807, 2.05) is 45.2 Å². The van der Waals surface area contributed by atoms with Gasteiger partial charge in [0.05, 0.1) is 11.8 Å². The molecular formula is C21H23N5O2S. The van der Waals surface area contributed by atoms with Crippen molar-refractivity contribution in [1.82, 2.24) is 20.1 Å². The second-order valence-electron chi connectivity index (χ2n) is 6.69. The largest absolute Gasteiger partial charge is 0.346 e. The summed E-state index contributed by atoms with van der Waals surface area (Å²) in [6.45, 7) is 3.97. The first-order valence-electron chi connectivity index (χ1n) is 9.17. The second kappa shape index (κ2) is 9.38. The van der Waals surface area contributed by atoms with Gasteiger partial charge in [-0.25, -0.2) is 0 Å². The highest BCUT2D eigenvalue weighted by Gasteiger charge is 2.14. The number of hydrogen-bond donors (Lipinski definition) is 2. The van der Waals surface area contributed by atoms with Crippen LogP contribution < -0.4 is 10.6 Å². The third-order valence-corrected chi connectivity index (χ3v) is 5.45. The van der Waals surface area contributed by atoms with Crippen LogP contribution in [0, 0.1) is 6.92 Å². The van der Waals surface area contributed by atoms with Crippen molar-refractivity contribution >= 4 is 29.3 Å². The van der Waals surface area contributed by atoms with Crippen molar-refractivity contribution in [3.05, 3.63) is 71.5 Å². The zero-order valence-electron chi connectivity index (χ0n) is 16.5. The summed E-state index contributed by atoms with van der Waals surface area (Å²) in [7, 11) is 1.82. The molecule has 0 saturated carbocycles. The Hall–Kier alpha value is -3.13. The predicted molar refractivity (Wildman–Crippen MR) is 114 cm³/mol. The Bertz CT molecular complexity index is 1020. The molecule has 0 radical (unpaired) electrons. The molecule has 2 N–H and O–H groups in total. The average Bonchev–Trinajstić information content (AvgIpc) is 3.11. The van der Waals surface area contributed by atoms with Gasteiger partial charge in [-0.15, -0.1) is 10.2 Å². The number of benzene rings is 2. The Morgan fingerprint density at radius 1 is 1.17 bits per heavy atom. The zero-order chi connectivity index (χ0) is 20.8. The van der Waals surface area contributed by atoms with Crippen molar-refractivity contribution < 1.29 is 9.59 Å². The van der Waals surface area contributed by atoms with Gasteiger partial charge in [-0.3, -0.25) is 9.59 Å². The Morgan fingerprint density at radius 3 is 2.69 bits per heavy atom. The molecule has 8 heteroatoms. The van der Waals surface area contributed by atoms with Crippen LogP contribution in [0.25, 0.3) is 0 Å². The summed E-state index contributed by atoms with van der Waals surface area (Å²) in [5.41, 5.74) is 3.27. The number of aromatic nitrogens is 3. The summed E-state index contributed by atoms with van der Waals surface area (Å²) in [6, 6.07) is 14.7. The number of carbonyl (C=O) groups excluding carboxylic acids is 2. The van der Waals surface area contributed by atoms with Gasteiger partial charge >= 0.3 is 0 Å². The lowest BCUT2D eigenvalue weighted by Crippen LogP contribution is -2.27. The fraction of sp³-hybridized carbons (Fsp3) is 0.238. The number of thioether (sulfide) groups is 1. The Balaban J connectivity index is 1.59. The fourth-order valence-electron chi connectivity index (χ4n) is 2.90. The number of hydrogen-bond acceptors (Lipinski definition) is 5. The molecule has 1 unspecified atom stereocenters. The number of aryl methyl sites for hydroxylation is 2. The van der Waals surface area contributed by atoms with E-state index in [1.54, 1.807) is 35.2 Å². The predicted octanol–water partition coefficient (Wildman–Crippen LogP) is 3.35. The van der Waals surface area contributed by atoms with Crippen LogP contribution in [0.15, 0.2) is 60.0 Å². The number of anilines is 1. The van der Waals surface area contributed by atoms with E-state index in [1.165, 1.54) is 11.8 Å². The molecule has 1 aromatic heterocycles. The molecule has 3 aromatic rings. The molecule has 29 heavy (non-hydrogen) atoms. The minimum absolute atomic E-state index is 0.121. The van der Waals surface area contributed by atoms with Crippen molar-refractivity contribution in [1.29, 1.82) is 0 Å². The minimum Gasteiger partial charge on any atom is -0.346 e. The van der Waals surface area contributed by atoms with Crippen molar-refractivity contribution in [2.75, 3.05) is 11.1 Å². The van der Waals surface area contributed by atoms with E-state index in [0.29, 0.717) is 16.4 Å². The molecule has 1 atom stereocenters. The van der Waals surface area contributed by atoms with E-state index < -0.39 is 0 Å². The monoisotopic (exact) mass is 409 g/mol. The lowest BCUT2D eigenvalue weighted by molar-refractivity contribution is -0.113. The lowest BCUT2D eigenvalue weighted by Gasteiger charge is -2.17. The molecule has 0 bridgehead atoms. The second-order valence-corrected chi connectivity index (χ2v) is 7.64. The molecule has 0 saturated heterocycles. The molecule has 0 fully saturated rings. The van der Waals surface area contributed by atoms with E-state index in [-0.39, 0.29) is 23.6 Å². The van der Waals surface area contributed by atoms with Gasteiger partial charge in [0.15, 0.2) is 5.16 Å². The van der Waals surface area contributed by atoms with Crippen LogP contribution >= 0.6 is 11.8 Å². The van der Waals surface area contributed by atoms with Gasteiger partial charge in [0.25, 0.3) is 5.91 Å². The first kappa shape index (κ1) is 20.6. The highest BCUT2D eigenvalue weighted by molar-refractivity contribution is 7.99. The van der Waals surface area contributed by atoms with Crippen LogP contribution in [0.2, 0.25) is 0 Å². The van der Waals surface area contributed by atoms with Crippen LogP contribution in [0.5, 0.6) is 0 Å². The molecule has 7 nitrogen and oxygen atoms in total. The summed E-state index contributed by atoms with van der Waals surface area (Å²) >= 11 is 1.30. The lowest BCUT2D eigenvalue weighted by atomic mass is 10.0. The zero-order valence-corrected chi connectivity index (χ0v) is 17.4. The molecule has 1 heterocycles. The Labute approximate surface area is 173 Å². The molecule has 0 aliphatic rings. The van der Waals surface area contributed by atoms with E-state index in [4.69, 9.17) is 0 Å². The topological polar surface area (TPSA) is 88.9 Å². The van der Waals surface area contributed by atoms with Gasteiger partial charge in [-0.1, -0.05) is 42.1 Å². The van der Waals surface area contributed by atoms with Gasteiger partial charge in [0, 0.05) is 18.3 Å². The molecule has 0 spiro atoms. The number of nitrogens with zero attached hydrogens (tertiary/aromatic N) is 3. The molecule has 3 rings (SSSR count). The van der Waals surface area contributed by atoms with E-state index >= 15 is 0 Å². The maximum absolute atomic E-state index is 12.7. The van der Waals surface area contributed by atoms with Crippen LogP contribution in [0.3, 0.4) is 0 Å².